The molecule has 1 aromatic carbocycles. The van der Waals surface area contributed by atoms with E-state index in [1.54, 1.807) is 0 Å². The van der Waals surface area contributed by atoms with Gasteiger partial charge in [0.15, 0.2) is 0 Å². The number of rotatable bonds is 3. The predicted molar refractivity (Wildman–Crippen MR) is 87.2 cm³/mol. The van der Waals surface area contributed by atoms with Crippen LogP contribution in [0.2, 0.25) is 5.02 Å². The van der Waals surface area contributed by atoms with Crippen molar-refractivity contribution in [2.75, 3.05) is 18.0 Å². The molecule has 0 bridgehead atoms. The minimum atomic E-state index is 0.516. The molecular weight excluding hydrogens is 324 g/mol. The summed E-state index contributed by atoms with van der Waals surface area (Å²) < 4.78 is 1.08. The second-order valence-corrected chi connectivity index (χ2v) is 6.89. The van der Waals surface area contributed by atoms with Crippen LogP contribution in [0.15, 0.2) is 22.7 Å². The first-order chi connectivity index (χ1) is 9.02. The van der Waals surface area contributed by atoms with Crippen LogP contribution in [0.25, 0.3) is 0 Å². The van der Waals surface area contributed by atoms with Gasteiger partial charge < -0.3 is 10.2 Å². The van der Waals surface area contributed by atoms with Gasteiger partial charge in [-0.1, -0.05) is 48.3 Å². The highest BCUT2D eigenvalue weighted by Crippen LogP contribution is 2.32. The molecule has 0 saturated carbocycles. The van der Waals surface area contributed by atoms with E-state index in [9.17, 15) is 0 Å². The second-order valence-electron chi connectivity index (χ2n) is 5.57. The van der Waals surface area contributed by atoms with Crippen LogP contribution in [0, 0.1) is 5.92 Å². The minimum absolute atomic E-state index is 0.516. The van der Waals surface area contributed by atoms with Crippen molar-refractivity contribution in [1.82, 2.24) is 5.32 Å². The first-order valence-electron chi connectivity index (χ1n) is 6.98. The lowest BCUT2D eigenvalue weighted by Gasteiger charge is -2.43. The van der Waals surface area contributed by atoms with Gasteiger partial charge in [0.1, 0.15) is 0 Å². The number of nitrogens with one attached hydrogen (secondary N) is 1. The first kappa shape index (κ1) is 15.1. The van der Waals surface area contributed by atoms with Gasteiger partial charge in [0.2, 0.25) is 0 Å². The number of nitrogens with zero attached hydrogens (tertiary/aromatic N) is 1. The van der Waals surface area contributed by atoms with Crippen LogP contribution in [0.5, 0.6) is 0 Å². The Morgan fingerprint density at radius 2 is 2.21 bits per heavy atom. The summed E-state index contributed by atoms with van der Waals surface area (Å²) in [5.74, 6) is 0.631. The van der Waals surface area contributed by atoms with Gasteiger partial charge in [0.05, 0.1) is 10.7 Å². The maximum Gasteiger partial charge on any atom is 0.0640 e. The zero-order valence-electron chi connectivity index (χ0n) is 11.8. The summed E-state index contributed by atoms with van der Waals surface area (Å²) in [5, 5.41) is 4.50. The van der Waals surface area contributed by atoms with Crippen LogP contribution in [-0.4, -0.2) is 25.2 Å². The van der Waals surface area contributed by atoms with E-state index in [4.69, 9.17) is 11.6 Å². The number of anilines is 1. The fraction of sp³-hybridized carbons (Fsp3) is 0.600. The van der Waals surface area contributed by atoms with Gasteiger partial charge in [-0.05, 0) is 30.5 Å². The molecule has 1 aromatic rings. The van der Waals surface area contributed by atoms with E-state index in [-0.39, 0.29) is 0 Å². The fourth-order valence-electron chi connectivity index (χ4n) is 2.64. The molecule has 2 atom stereocenters. The summed E-state index contributed by atoms with van der Waals surface area (Å²) in [6.07, 6.45) is 1.13. The zero-order chi connectivity index (χ0) is 14.0. The van der Waals surface area contributed by atoms with Crippen molar-refractivity contribution in [3.8, 4) is 0 Å². The molecular formula is C15H22BrClN2. The molecule has 1 aliphatic heterocycles. The van der Waals surface area contributed by atoms with E-state index < -0.39 is 0 Å². The number of hydrogen-bond donors (Lipinski definition) is 1. The Labute approximate surface area is 129 Å². The van der Waals surface area contributed by atoms with E-state index in [2.05, 4.69) is 53.0 Å². The maximum absolute atomic E-state index is 6.40. The molecule has 2 rings (SSSR count). The number of halogens is 2. The van der Waals surface area contributed by atoms with E-state index in [1.807, 2.05) is 12.1 Å². The first-order valence-corrected chi connectivity index (χ1v) is 8.15. The molecule has 1 saturated heterocycles. The third kappa shape index (κ3) is 3.45. The summed E-state index contributed by atoms with van der Waals surface area (Å²) in [4.78, 5) is 2.47. The van der Waals surface area contributed by atoms with Gasteiger partial charge in [-0.15, -0.1) is 0 Å². The molecule has 2 unspecified atom stereocenters. The zero-order valence-corrected chi connectivity index (χ0v) is 14.1. The largest absolute Gasteiger partial charge is 0.364 e. The molecule has 4 heteroatoms. The molecule has 2 nitrogen and oxygen atoms in total. The van der Waals surface area contributed by atoms with Crippen LogP contribution in [0.4, 0.5) is 5.69 Å². The topological polar surface area (TPSA) is 15.3 Å². The summed E-state index contributed by atoms with van der Waals surface area (Å²) in [7, 11) is 0. The van der Waals surface area contributed by atoms with Crippen LogP contribution < -0.4 is 10.2 Å². The summed E-state index contributed by atoms with van der Waals surface area (Å²) in [6, 6.07) is 7.14. The lowest BCUT2D eigenvalue weighted by molar-refractivity contribution is 0.325. The van der Waals surface area contributed by atoms with Crippen LogP contribution >= 0.6 is 27.5 Å². The van der Waals surface area contributed by atoms with E-state index in [0.29, 0.717) is 18.0 Å². The summed E-state index contributed by atoms with van der Waals surface area (Å²) in [6.45, 7) is 8.82. The highest BCUT2D eigenvalue weighted by atomic mass is 79.9. The van der Waals surface area contributed by atoms with Crippen molar-refractivity contribution in [3.05, 3.63) is 27.7 Å². The minimum Gasteiger partial charge on any atom is -0.364 e. The number of hydrogen-bond acceptors (Lipinski definition) is 2. The normalized spacial score (nSPS) is 24.0. The van der Waals surface area contributed by atoms with Crippen LogP contribution in [0.1, 0.15) is 27.2 Å². The molecule has 106 valence electrons. The molecule has 1 fully saturated rings. The average Bonchev–Trinajstić information content (AvgIpc) is 2.40. The number of benzene rings is 1. The van der Waals surface area contributed by atoms with Crippen molar-refractivity contribution in [2.45, 2.75) is 39.3 Å². The van der Waals surface area contributed by atoms with Crippen molar-refractivity contribution in [1.29, 1.82) is 0 Å². The lowest BCUT2D eigenvalue weighted by Crippen LogP contribution is -2.58. The van der Waals surface area contributed by atoms with E-state index >= 15 is 0 Å². The predicted octanol–water partition coefficient (Wildman–Crippen LogP) is 4.32. The van der Waals surface area contributed by atoms with Gasteiger partial charge in [-0.3, -0.25) is 0 Å². The number of piperazine rings is 1. The van der Waals surface area contributed by atoms with Crippen molar-refractivity contribution >= 4 is 33.2 Å². The molecule has 0 aromatic heterocycles. The third-order valence-corrected chi connectivity index (χ3v) is 4.76. The fourth-order valence-corrected chi connectivity index (χ4v) is 3.21. The Morgan fingerprint density at radius 1 is 1.47 bits per heavy atom. The van der Waals surface area contributed by atoms with E-state index in [1.165, 1.54) is 0 Å². The summed E-state index contributed by atoms with van der Waals surface area (Å²) >= 11 is 9.94. The molecule has 19 heavy (non-hydrogen) atoms. The molecule has 0 amide bonds. The maximum atomic E-state index is 6.40. The smallest absolute Gasteiger partial charge is 0.0640 e. The average molecular weight is 346 g/mol. The van der Waals surface area contributed by atoms with Crippen LogP contribution in [0.3, 0.4) is 0 Å². The molecule has 0 aliphatic carbocycles. The Balaban J connectivity index is 2.29. The van der Waals surface area contributed by atoms with Crippen LogP contribution in [-0.2, 0) is 0 Å². The summed E-state index contributed by atoms with van der Waals surface area (Å²) in [5.41, 5.74) is 1.15. The molecule has 0 radical (unpaired) electrons. The lowest BCUT2D eigenvalue weighted by atomic mass is 9.98. The second kappa shape index (κ2) is 6.47. The van der Waals surface area contributed by atoms with Crippen molar-refractivity contribution < 1.29 is 0 Å². The van der Waals surface area contributed by atoms with E-state index in [0.717, 1.165) is 34.7 Å². The molecule has 0 spiro atoms. The van der Waals surface area contributed by atoms with Crippen molar-refractivity contribution in [2.24, 2.45) is 5.92 Å². The van der Waals surface area contributed by atoms with Gasteiger partial charge in [0, 0.05) is 29.6 Å². The van der Waals surface area contributed by atoms with Crippen molar-refractivity contribution in [3.63, 3.8) is 0 Å². The van der Waals surface area contributed by atoms with Gasteiger partial charge in [-0.2, -0.15) is 0 Å². The SMILES string of the molecule is CCC1CNC(C(C)C)CN1c1cc(Br)ccc1Cl. The Hall–Kier alpha value is -0.250. The molecule has 1 heterocycles. The van der Waals surface area contributed by atoms with Gasteiger partial charge in [-0.25, -0.2) is 0 Å². The Bertz CT molecular complexity index is 436. The standard InChI is InChI=1S/C15H22BrClN2/c1-4-12-8-18-14(10(2)3)9-19(12)15-7-11(16)5-6-13(15)17/h5-7,10,12,14,18H,4,8-9H2,1-3H3. The molecule has 1 aliphatic rings. The Morgan fingerprint density at radius 3 is 2.84 bits per heavy atom. The monoisotopic (exact) mass is 344 g/mol. The molecule has 1 N–H and O–H groups in total. The third-order valence-electron chi connectivity index (χ3n) is 3.94. The quantitative estimate of drug-likeness (QED) is 0.878. The van der Waals surface area contributed by atoms with Gasteiger partial charge in [0.25, 0.3) is 0 Å². The highest BCUT2D eigenvalue weighted by molar-refractivity contribution is 9.10. The highest BCUT2D eigenvalue weighted by Gasteiger charge is 2.29. The Kier molecular flexibility index (Phi) is 5.15. The van der Waals surface area contributed by atoms with Gasteiger partial charge >= 0.3 is 0 Å².